The molecule has 1 aliphatic heterocycles. The molecule has 0 fully saturated rings. The zero-order chi connectivity index (χ0) is 20.4. The zero-order valence-corrected chi connectivity index (χ0v) is 16.6. The summed E-state index contributed by atoms with van der Waals surface area (Å²) in [6.07, 6.45) is -0.596. The van der Waals surface area contributed by atoms with E-state index in [1.807, 2.05) is 30.3 Å². The van der Waals surface area contributed by atoms with E-state index in [0.29, 0.717) is 11.4 Å². The molecule has 0 radical (unpaired) electrons. The first kappa shape index (κ1) is 19.2. The number of nitrogens with zero attached hydrogens (tertiary/aromatic N) is 1. The maximum Gasteiger partial charge on any atom is 0.308 e. The van der Waals surface area contributed by atoms with E-state index in [1.165, 1.54) is 11.2 Å². The molecule has 148 valence electrons. The predicted molar refractivity (Wildman–Crippen MR) is 110 cm³/mol. The molecule has 1 aliphatic rings. The standard InChI is InChI=1S/C22H20N2O4S/c1-16(25)28-19-13-11-18(12-14-19)22-23-20-9-5-6-10-21(20)29(26,27)24(22)15-17-7-3-2-4-8-17/h2-14,22-23H,15H2,1H3/t22-/m1/s1. The number of para-hydroxylation sites is 1. The van der Waals surface area contributed by atoms with Crippen molar-refractivity contribution in [2.75, 3.05) is 5.32 Å². The first-order valence-electron chi connectivity index (χ1n) is 9.15. The third-order valence-corrected chi connectivity index (χ3v) is 6.56. The number of ether oxygens (including phenoxy) is 1. The molecular weight excluding hydrogens is 388 g/mol. The van der Waals surface area contributed by atoms with Gasteiger partial charge < -0.3 is 10.1 Å². The molecule has 0 aromatic heterocycles. The van der Waals surface area contributed by atoms with Gasteiger partial charge in [0.2, 0.25) is 10.0 Å². The molecule has 0 saturated carbocycles. The van der Waals surface area contributed by atoms with Crippen LogP contribution in [0.2, 0.25) is 0 Å². The van der Waals surface area contributed by atoms with Gasteiger partial charge in [-0.1, -0.05) is 54.6 Å². The van der Waals surface area contributed by atoms with Crippen molar-refractivity contribution in [3.8, 4) is 5.75 Å². The van der Waals surface area contributed by atoms with E-state index >= 15 is 0 Å². The number of fused-ring (bicyclic) bond motifs is 1. The van der Waals surface area contributed by atoms with Crippen molar-refractivity contribution in [1.29, 1.82) is 0 Å². The fraction of sp³-hybridized carbons (Fsp3) is 0.136. The predicted octanol–water partition coefficient (Wildman–Crippen LogP) is 3.93. The van der Waals surface area contributed by atoms with Crippen molar-refractivity contribution in [3.63, 3.8) is 0 Å². The van der Waals surface area contributed by atoms with Crippen LogP contribution >= 0.6 is 0 Å². The Bertz CT molecular complexity index is 1130. The van der Waals surface area contributed by atoms with E-state index in [0.717, 1.165) is 11.1 Å². The van der Waals surface area contributed by atoms with Crippen LogP contribution in [0, 0.1) is 0 Å². The Labute approximate surface area is 169 Å². The molecule has 0 amide bonds. The van der Waals surface area contributed by atoms with Gasteiger partial charge in [0.15, 0.2) is 0 Å². The van der Waals surface area contributed by atoms with Gasteiger partial charge in [-0.3, -0.25) is 4.79 Å². The van der Waals surface area contributed by atoms with Crippen molar-refractivity contribution in [2.24, 2.45) is 0 Å². The summed E-state index contributed by atoms with van der Waals surface area (Å²) in [5.74, 6) is 0.00526. The number of sulfonamides is 1. The Kier molecular flexibility index (Phi) is 5.08. The van der Waals surface area contributed by atoms with Crippen LogP contribution < -0.4 is 10.1 Å². The molecule has 0 bridgehead atoms. The Hall–Kier alpha value is -3.16. The Morgan fingerprint density at radius 2 is 1.62 bits per heavy atom. The SMILES string of the molecule is CC(=O)Oc1ccc([C@@H]2Nc3ccccc3S(=O)(=O)N2Cc2ccccc2)cc1. The van der Waals surface area contributed by atoms with E-state index in [4.69, 9.17) is 4.74 Å². The average Bonchev–Trinajstić information content (AvgIpc) is 2.71. The third kappa shape index (κ3) is 3.87. The second-order valence-corrected chi connectivity index (χ2v) is 8.60. The van der Waals surface area contributed by atoms with Crippen molar-refractivity contribution in [1.82, 2.24) is 4.31 Å². The summed E-state index contributed by atoms with van der Waals surface area (Å²) in [6.45, 7) is 1.56. The Balaban J connectivity index is 1.76. The van der Waals surface area contributed by atoms with Crippen molar-refractivity contribution >= 4 is 21.7 Å². The quantitative estimate of drug-likeness (QED) is 0.523. The minimum atomic E-state index is -3.72. The summed E-state index contributed by atoms with van der Waals surface area (Å²) in [4.78, 5) is 11.4. The van der Waals surface area contributed by atoms with Crippen LogP contribution in [0.5, 0.6) is 5.75 Å². The number of carbonyl (C=O) groups is 1. The lowest BCUT2D eigenvalue weighted by atomic mass is 10.1. The molecule has 6 nitrogen and oxygen atoms in total. The number of esters is 1. The molecule has 7 heteroatoms. The van der Waals surface area contributed by atoms with Gasteiger partial charge in [-0.25, -0.2) is 8.42 Å². The van der Waals surface area contributed by atoms with Crippen molar-refractivity contribution < 1.29 is 17.9 Å². The first-order valence-corrected chi connectivity index (χ1v) is 10.6. The van der Waals surface area contributed by atoms with Crippen LogP contribution in [0.15, 0.2) is 83.8 Å². The smallest absolute Gasteiger partial charge is 0.308 e. The number of rotatable bonds is 4. The van der Waals surface area contributed by atoms with E-state index in [1.54, 1.807) is 48.5 Å². The zero-order valence-electron chi connectivity index (χ0n) is 15.8. The third-order valence-electron chi connectivity index (χ3n) is 4.69. The second-order valence-electron chi connectivity index (χ2n) is 6.74. The van der Waals surface area contributed by atoms with Crippen LogP contribution in [0.1, 0.15) is 24.2 Å². The van der Waals surface area contributed by atoms with Crippen molar-refractivity contribution in [3.05, 3.63) is 90.0 Å². The van der Waals surface area contributed by atoms with Gasteiger partial charge in [-0.15, -0.1) is 0 Å². The fourth-order valence-corrected chi connectivity index (χ4v) is 5.05. The molecule has 29 heavy (non-hydrogen) atoms. The highest BCUT2D eigenvalue weighted by Gasteiger charge is 2.38. The molecule has 0 unspecified atom stereocenters. The number of hydrogen-bond donors (Lipinski definition) is 1. The molecule has 0 saturated heterocycles. The molecule has 3 aromatic carbocycles. The maximum atomic E-state index is 13.4. The molecule has 0 aliphatic carbocycles. The molecule has 3 aromatic rings. The summed E-state index contributed by atoms with van der Waals surface area (Å²) in [5, 5.41) is 3.34. The van der Waals surface area contributed by atoms with Gasteiger partial charge in [0.05, 0.1) is 5.69 Å². The molecule has 1 atom stereocenters. The van der Waals surface area contributed by atoms with Gasteiger partial charge in [-0.05, 0) is 35.4 Å². The van der Waals surface area contributed by atoms with Crippen LogP contribution in [0.3, 0.4) is 0 Å². The lowest BCUT2D eigenvalue weighted by Crippen LogP contribution is -2.42. The van der Waals surface area contributed by atoms with Crippen LogP contribution in [-0.4, -0.2) is 18.7 Å². The highest BCUT2D eigenvalue weighted by atomic mass is 32.2. The number of anilines is 1. The summed E-state index contributed by atoms with van der Waals surface area (Å²) in [7, 11) is -3.72. The summed E-state index contributed by atoms with van der Waals surface area (Å²) in [6, 6.07) is 23.2. The summed E-state index contributed by atoms with van der Waals surface area (Å²) >= 11 is 0. The number of carbonyl (C=O) groups excluding carboxylic acids is 1. The Morgan fingerprint density at radius 1 is 0.966 bits per heavy atom. The highest BCUT2D eigenvalue weighted by molar-refractivity contribution is 7.89. The monoisotopic (exact) mass is 408 g/mol. The van der Waals surface area contributed by atoms with Crippen molar-refractivity contribution in [2.45, 2.75) is 24.5 Å². The first-order chi connectivity index (χ1) is 13.9. The second kappa shape index (κ2) is 7.69. The molecule has 1 heterocycles. The highest BCUT2D eigenvalue weighted by Crippen LogP contribution is 2.39. The van der Waals surface area contributed by atoms with E-state index in [9.17, 15) is 13.2 Å². The normalized spacial score (nSPS) is 17.8. The van der Waals surface area contributed by atoms with E-state index in [2.05, 4.69) is 5.32 Å². The molecule has 4 rings (SSSR count). The van der Waals surface area contributed by atoms with Gasteiger partial charge in [-0.2, -0.15) is 4.31 Å². The fourth-order valence-electron chi connectivity index (χ4n) is 3.37. The van der Waals surface area contributed by atoms with Gasteiger partial charge in [0.25, 0.3) is 0 Å². The molecular formula is C22H20N2O4S. The molecule has 0 spiro atoms. The summed E-state index contributed by atoms with van der Waals surface area (Å²) < 4.78 is 33.4. The van der Waals surface area contributed by atoms with E-state index in [-0.39, 0.29) is 11.4 Å². The van der Waals surface area contributed by atoms with Crippen LogP contribution in [0.25, 0.3) is 0 Å². The number of nitrogens with one attached hydrogen (secondary N) is 1. The maximum absolute atomic E-state index is 13.4. The summed E-state index contributed by atoms with van der Waals surface area (Å²) in [5.41, 5.74) is 2.19. The van der Waals surface area contributed by atoms with E-state index < -0.39 is 22.2 Å². The minimum Gasteiger partial charge on any atom is -0.427 e. The number of benzene rings is 3. The lowest BCUT2D eigenvalue weighted by molar-refractivity contribution is -0.131. The van der Waals surface area contributed by atoms with Gasteiger partial charge >= 0.3 is 5.97 Å². The largest absolute Gasteiger partial charge is 0.427 e. The van der Waals surface area contributed by atoms with Gasteiger partial charge in [0.1, 0.15) is 16.8 Å². The number of hydrogen-bond acceptors (Lipinski definition) is 5. The lowest BCUT2D eigenvalue weighted by Gasteiger charge is -2.37. The van der Waals surface area contributed by atoms with Crippen LogP contribution in [-0.2, 0) is 21.4 Å². The van der Waals surface area contributed by atoms with Gasteiger partial charge in [0, 0.05) is 13.5 Å². The topological polar surface area (TPSA) is 75.7 Å². The van der Waals surface area contributed by atoms with Crippen LogP contribution in [0.4, 0.5) is 5.69 Å². The Morgan fingerprint density at radius 3 is 2.31 bits per heavy atom. The average molecular weight is 408 g/mol. The molecule has 1 N–H and O–H groups in total. The minimum absolute atomic E-state index is 0.223.